The first kappa shape index (κ1) is 18.6. The van der Waals surface area contributed by atoms with E-state index in [1.54, 1.807) is 18.2 Å². The Hall–Kier alpha value is -2.15. The Morgan fingerprint density at radius 1 is 1.12 bits per heavy atom. The van der Waals surface area contributed by atoms with E-state index in [1.165, 1.54) is 12.1 Å². The molecule has 1 heterocycles. The molecule has 26 heavy (non-hydrogen) atoms. The molecule has 3 rings (SSSR count). The number of carbonyl (C=O) groups is 1. The van der Waals surface area contributed by atoms with Crippen LogP contribution in [0.2, 0.25) is 5.02 Å². The Morgan fingerprint density at radius 3 is 2.50 bits per heavy atom. The zero-order valence-corrected chi connectivity index (χ0v) is 15.8. The number of carbonyl (C=O) groups excluding carboxylic acids is 1. The molecule has 0 radical (unpaired) electrons. The zero-order chi connectivity index (χ0) is 18.7. The number of amides is 1. The third-order valence-corrected chi connectivity index (χ3v) is 5.84. The second-order valence-electron chi connectivity index (χ2n) is 5.97. The highest BCUT2D eigenvalue weighted by molar-refractivity contribution is 7.89. The van der Waals surface area contributed by atoms with Gasteiger partial charge in [0, 0.05) is 18.1 Å². The lowest BCUT2D eigenvalue weighted by Crippen LogP contribution is -2.24. The molecule has 136 valence electrons. The van der Waals surface area contributed by atoms with Gasteiger partial charge < -0.3 is 5.32 Å². The van der Waals surface area contributed by atoms with Crippen LogP contribution < -0.4 is 10.0 Å². The van der Waals surface area contributed by atoms with E-state index >= 15 is 0 Å². The van der Waals surface area contributed by atoms with E-state index in [0.717, 1.165) is 11.1 Å². The lowest BCUT2D eigenvalue weighted by molar-refractivity contribution is -0.114. The molecule has 7 heteroatoms. The molecule has 0 saturated heterocycles. The summed E-state index contributed by atoms with van der Waals surface area (Å²) in [4.78, 5) is 12.5. The number of sulfonamides is 1. The summed E-state index contributed by atoms with van der Waals surface area (Å²) < 4.78 is 26.9. The highest BCUT2D eigenvalue weighted by atomic mass is 35.5. The van der Waals surface area contributed by atoms with Crippen LogP contribution in [0.4, 0.5) is 0 Å². The van der Waals surface area contributed by atoms with Gasteiger partial charge in [0.1, 0.15) is 0 Å². The number of hydrogen-bond acceptors (Lipinski definition) is 3. The molecule has 1 amide bonds. The van der Waals surface area contributed by atoms with Gasteiger partial charge in [-0.25, -0.2) is 13.1 Å². The Labute approximate surface area is 158 Å². The first-order valence-corrected chi connectivity index (χ1v) is 10.2. The number of rotatable bonds is 6. The van der Waals surface area contributed by atoms with Crippen LogP contribution in [0.25, 0.3) is 11.1 Å². The average molecular weight is 391 g/mol. The minimum Gasteiger partial charge on any atom is -0.348 e. The number of benzene rings is 2. The summed E-state index contributed by atoms with van der Waals surface area (Å²) in [5.41, 5.74) is 2.92. The third kappa shape index (κ3) is 3.82. The minimum atomic E-state index is -3.53. The summed E-state index contributed by atoms with van der Waals surface area (Å²) >= 11 is 6.06. The second-order valence-corrected chi connectivity index (χ2v) is 8.17. The van der Waals surface area contributed by atoms with Gasteiger partial charge in [-0.15, -0.1) is 0 Å². The Kier molecular flexibility index (Phi) is 5.46. The first-order valence-electron chi connectivity index (χ1n) is 8.30. The van der Waals surface area contributed by atoms with Crippen molar-refractivity contribution in [3.05, 3.63) is 64.7 Å². The van der Waals surface area contributed by atoms with Crippen molar-refractivity contribution in [2.24, 2.45) is 0 Å². The van der Waals surface area contributed by atoms with Gasteiger partial charge >= 0.3 is 0 Å². The fourth-order valence-electron chi connectivity index (χ4n) is 2.83. The monoisotopic (exact) mass is 390 g/mol. The first-order chi connectivity index (χ1) is 12.4. The smallest absolute Gasteiger partial charge is 0.252 e. The van der Waals surface area contributed by atoms with E-state index < -0.39 is 10.0 Å². The molecule has 0 saturated carbocycles. The van der Waals surface area contributed by atoms with Gasteiger partial charge in [0.25, 0.3) is 5.91 Å². The topological polar surface area (TPSA) is 75.3 Å². The minimum absolute atomic E-state index is 0.179. The zero-order valence-electron chi connectivity index (χ0n) is 14.3. The van der Waals surface area contributed by atoms with Crippen LogP contribution in [0.5, 0.6) is 0 Å². The Morgan fingerprint density at radius 2 is 1.85 bits per heavy atom. The molecule has 2 aromatic carbocycles. The SMILES string of the molecule is CCCNS(=O)(=O)c1ccc(C2=C(c3cccc(Cl)c3)CNC2=O)cc1. The van der Waals surface area contributed by atoms with Gasteiger partial charge in [-0.3, -0.25) is 4.79 Å². The van der Waals surface area contributed by atoms with Crippen molar-refractivity contribution < 1.29 is 13.2 Å². The standard InChI is InChI=1S/C19H19ClN2O3S/c1-2-10-22-26(24,25)16-8-6-13(7-9-16)18-17(12-21-19(18)23)14-4-3-5-15(20)11-14/h3-9,11,22H,2,10,12H2,1H3,(H,21,23). The normalized spacial score (nSPS) is 14.6. The van der Waals surface area contributed by atoms with E-state index in [2.05, 4.69) is 10.0 Å². The molecule has 0 unspecified atom stereocenters. The maximum Gasteiger partial charge on any atom is 0.252 e. The van der Waals surface area contributed by atoms with Crippen LogP contribution in [0.15, 0.2) is 53.4 Å². The van der Waals surface area contributed by atoms with Gasteiger partial charge in [-0.2, -0.15) is 0 Å². The van der Waals surface area contributed by atoms with Gasteiger partial charge in [0.15, 0.2) is 0 Å². The largest absolute Gasteiger partial charge is 0.348 e. The van der Waals surface area contributed by atoms with Gasteiger partial charge in [-0.1, -0.05) is 42.8 Å². The maximum absolute atomic E-state index is 12.3. The fourth-order valence-corrected chi connectivity index (χ4v) is 4.16. The summed E-state index contributed by atoms with van der Waals surface area (Å²) in [6.45, 7) is 2.69. The van der Waals surface area contributed by atoms with Crippen LogP contribution in [0, 0.1) is 0 Å². The highest BCUT2D eigenvalue weighted by Gasteiger charge is 2.25. The maximum atomic E-state index is 12.3. The van der Waals surface area contributed by atoms with E-state index in [0.29, 0.717) is 35.7 Å². The number of nitrogens with one attached hydrogen (secondary N) is 2. The predicted octanol–water partition coefficient (Wildman–Crippen LogP) is 3.07. The van der Waals surface area contributed by atoms with Crippen LogP contribution in [0.3, 0.4) is 0 Å². The summed E-state index contributed by atoms with van der Waals surface area (Å²) in [6.07, 6.45) is 0.716. The summed E-state index contributed by atoms with van der Waals surface area (Å²) in [5, 5.41) is 3.42. The van der Waals surface area contributed by atoms with Gasteiger partial charge in [0.05, 0.1) is 10.5 Å². The molecular weight excluding hydrogens is 372 g/mol. The van der Waals surface area contributed by atoms with Crippen molar-refractivity contribution in [1.82, 2.24) is 10.0 Å². The van der Waals surface area contributed by atoms with Crippen molar-refractivity contribution in [1.29, 1.82) is 0 Å². The molecule has 0 aromatic heterocycles. The molecule has 1 aliphatic rings. The quantitative estimate of drug-likeness (QED) is 0.795. The number of hydrogen-bond donors (Lipinski definition) is 2. The molecule has 2 N–H and O–H groups in total. The molecule has 0 bridgehead atoms. The average Bonchev–Trinajstić information content (AvgIpc) is 3.02. The molecule has 0 fully saturated rings. The molecule has 2 aromatic rings. The van der Waals surface area contributed by atoms with Crippen LogP contribution >= 0.6 is 11.6 Å². The molecule has 5 nitrogen and oxygen atoms in total. The number of halogens is 1. The van der Waals surface area contributed by atoms with Crippen molar-refractivity contribution >= 4 is 38.7 Å². The van der Waals surface area contributed by atoms with E-state index in [-0.39, 0.29) is 10.8 Å². The van der Waals surface area contributed by atoms with Crippen molar-refractivity contribution in [2.75, 3.05) is 13.1 Å². The van der Waals surface area contributed by atoms with E-state index in [4.69, 9.17) is 11.6 Å². The molecule has 0 aliphatic carbocycles. The van der Waals surface area contributed by atoms with Crippen LogP contribution in [-0.4, -0.2) is 27.4 Å². The summed E-state index contributed by atoms with van der Waals surface area (Å²) in [6, 6.07) is 13.7. The highest BCUT2D eigenvalue weighted by Crippen LogP contribution is 2.31. The fraction of sp³-hybridized carbons (Fsp3) is 0.211. The molecule has 0 atom stereocenters. The molecule has 0 spiro atoms. The Bertz CT molecular complexity index is 967. The summed E-state index contributed by atoms with van der Waals surface area (Å²) in [7, 11) is -3.53. The summed E-state index contributed by atoms with van der Waals surface area (Å²) in [5.74, 6) is -0.181. The van der Waals surface area contributed by atoms with E-state index in [9.17, 15) is 13.2 Å². The lowest BCUT2D eigenvalue weighted by atomic mass is 9.97. The molecular formula is C19H19ClN2O3S. The van der Waals surface area contributed by atoms with Crippen molar-refractivity contribution in [3.8, 4) is 0 Å². The second kappa shape index (κ2) is 7.61. The molecule has 1 aliphatic heterocycles. The third-order valence-electron chi connectivity index (χ3n) is 4.12. The lowest BCUT2D eigenvalue weighted by Gasteiger charge is -2.09. The van der Waals surface area contributed by atoms with Crippen molar-refractivity contribution in [3.63, 3.8) is 0 Å². The van der Waals surface area contributed by atoms with E-state index in [1.807, 2.05) is 25.1 Å². The van der Waals surface area contributed by atoms with Crippen LogP contribution in [0.1, 0.15) is 24.5 Å². The van der Waals surface area contributed by atoms with Crippen LogP contribution in [-0.2, 0) is 14.8 Å². The Balaban J connectivity index is 1.99. The van der Waals surface area contributed by atoms with Gasteiger partial charge in [-0.05, 0) is 47.4 Å². The van der Waals surface area contributed by atoms with Crippen molar-refractivity contribution in [2.45, 2.75) is 18.2 Å². The van der Waals surface area contributed by atoms with Gasteiger partial charge in [0.2, 0.25) is 10.0 Å². The predicted molar refractivity (Wildman–Crippen MR) is 103 cm³/mol.